The first-order valence-electron chi connectivity index (χ1n) is 5.89. The summed E-state index contributed by atoms with van der Waals surface area (Å²) in [4.78, 5) is 17.1. The van der Waals surface area contributed by atoms with E-state index in [4.69, 9.17) is 5.73 Å². The number of nitrogen functional groups attached to an aromatic ring is 1. The summed E-state index contributed by atoms with van der Waals surface area (Å²) in [6, 6.07) is 8.70. The standard InChI is InChI=1S/C14H13F2N3O/c1-9(20)19(13-8-11(17)5-6-18-13)12-4-2-3-10(7-12)14(15)16/h2-8,14H,1H3,(H2,17,18). The van der Waals surface area contributed by atoms with Gasteiger partial charge < -0.3 is 5.73 Å². The summed E-state index contributed by atoms with van der Waals surface area (Å²) in [6.07, 6.45) is -1.14. The number of pyridine rings is 1. The maximum Gasteiger partial charge on any atom is 0.263 e. The number of benzene rings is 1. The van der Waals surface area contributed by atoms with E-state index in [0.29, 0.717) is 17.2 Å². The molecule has 1 heterocycles. The highest BCUT2D eigenvalue weighted by atomic mass is 19.3. The highest BCUT2D eigenvalue weighted by molar-refractivity contribution is 5.98. The van der Waals surface area contributed by atoms with Crippen LogP contribution in [0.25, 0.3) is 0 Å². The molecular weight excluding hydrogens is 264 g/mol. The molecule has 4 nitrogen and oxygen atoms in total. The minimum absolute atomic E-state index is 0.155. The van der Waals surface area contributed by atoms with Crippen molar-refractivity contribution in [2.45, 2.75) is 13.3 Å². The van der Waals surface area contributed by atoms with Gasteiger partial charge >= 0.3 is 0 Å². The molecule has 2 N–H and O–H groups in total. The minimum atomic E-state index is -2.60. The number of carbonyl (C=O) groups excluding carboxylic acids is 1. The number of hydrogen-bond acceptors (Lipinski definition) is 3. The first-order chi connectivity index (χ1) is 9.49. The molecule has 0 aliphatic carbocycles. The predicted octanol–water partition coefficient (Wildman–Crippen LogP) is 3.29. The summed E-state index contributed by atoms with van der Waals surface area (Å²) >= 11 is 0. The summed E-state index contributed by atoms with van der Waals surface area (Å²) in [5.41, 5.74) is 6.26. The summed E-state index contributed by atoms with van der Waals surface area (Å²) in [7, 11) is 0. The Balaban J connectivity index is 2.49. The average molecular weight is 277 g/mol. The molecule has 0 spiro atoms. The van der Waals surface area contributed by atoms with Crippen molar-refractivity contribution in [3.63, 3.8) is 0 Å². The largest absolute Gasteiger partial charge is 0.399 e. The average Bonchev–Trinajstić information content (AvgIpc) is 2.39. The van der Waals surface area contributed by atoms with Crippen LogP contribution in [0, 0.1) is 0 Å². The van der Waals surface area contributed by atoms with Crippen molar-refractivity contribution in [2.75, 3.05) is 10.6 Å². The van der Waals surface area contributed by atoms with Crippen molar-refractivity contribution in [2.24, 2.45) is 0 Å². The van der Waals surface area contributed by atoms with E-state index in [1.54, 1.807) is 12.1 Å². The molecule has 0 radical (unpaired) electrons. The van der Waals surface area contributed by atoms with E-state index in [2.05, 4.69) is 4.98 Å². The van der Waals surface area contributed by atoms with Gasteiger partial charge in [-0.15, -0.1) is 0 Å². The van der Waals surface area contributed by atoms with Crippen LogP contribution in [-0.2, 0) is 4.79 Å². The van der Waals surface area contributed by atoms with Gasteiger partial charge in [-0.2, -0.15) is 0 Å². The Bertz CT molecular complexity index is 631. The fraction of sp³-hybridized carbons (Fsp3) is 0.143. The molecule has 0 aliphatic heterocycles. The molecular formula is C14H13F2N3O. The number of halogens is 2. The topological polar surface area (TPSA) is 59.2 Å². The van der Waals surface area contributed by atoms with Crippen LogP contribution < -0.4 is 10.6 Å². The lowest BCUT2D eigenvalue weighted by Crippen LogP contribution is -2.23. The van der Waals surface area contributed by atoms with Crippen molar-refractivity contribution >= 4 is 23.1 Å². The Morgan fingerprint density at radius 3 is 2.65 bits per heavy atom. The molecule has 0 atom stereocenters. The van der Waals surface area contributed by atoms with Crippen LogP contribution >= 0.6 is 0 Å². The Labute approximate surface area is 114 Å². The quantitative estimate of drug-likeness (QED) is 0.936. The molecule has 104 valence electrons. The number of amides is 1. The van der Waals surface area contributed by atoms with E-state index in [1.807, 2.05) is 0 Å². The Morgan fingerprint density at radius 2 is 2.05 bits per heavy atom. The first-order valence-corrected chi connectivity index (χ1v) is 5.89. The van der Waals surface area contributed by atoms with E-state index in [-0.39, 0.29) is 11.5 Å². The molecule has 6 heteroatoms. The predicted molar refractivity (Wildman–Crippen MR) is 72.9 cm³/mol. The van der Waals surface area contributed by atoms with Crippen LogP contribution in [0.2, 0.25) is 0 Å². The highest BCUT2D eigenvalue weighted by Crippen LogP contribution is 2.28. The van der Waals surface area contributed by atoms with E-state index in [1.165, 1.54) is 42.3 Å². The number of alkyl halides is 2. The first kappa shape index (κ1) is 13.9. The van der Waals surface area contributed by atoms with Gasteiger partial charge in [0.05, 0.1) is 5.69 Å². The van der Waals surface area contributed by atoms with Crippen molar-refractivity contribution in [1.29, 1.82) is 0 Å². The Hall–Kier alpha value is -2.50. The minimum Gasteiger partial charge on any atom is -0.399 e. The fourth-order valence-corrected chi connectivity index (χ4v) is 1.83. The molecule has 1 aromatic carbocycles. The molecule has 0 aliphatic rings. The molecule has 1 aromatic heterocycles. The molecule has 0 unspecified atom stereocenters. The normalized spacial score (nSPS) is 10.6. The highest BCUT2D eigenvalue weighted by Gasteiger charge is 2.17. The van der Waals surface area contributed by atoms with Gasteiger partial charge in [0.2, 0.25) is 5.91 Å². The lowest BCUT2D eigenvalue weighted by Gasteiger charge is -2.21. The zero-order valence-electron chi connectivity index (χ0n) is 10.8. The van der Waals surface area contributed by atoms with E-state index in [0.717, 1.165) is 0 Å². The maximum atomic E-state index is 12.7. The number of rotatable bonds is 3. The summed E-state index contributed by atoms with van der Waals surface area (Å²) in [6.45, 7) is 1.33. The molecule has 0 fully saturated rings. The van der Waals surface area contributed by atoms with Gasteiger partial charge in [-0.1, -0.05) is 12.1 Å². The van der Waals surface area contributed by atoms with Crippen LogP contribution in [0.1, 0.15) is 18.9 Å². The monoisotopic (exact) mass is 277 g/mol. The molecule has 20 heavy (non-hydrogen) atoms. The molecule has 1 amide bonds. The van der Waals surface area contributed by atoms with Gasteiger partial charge in [-0.25, -0.2) is 13.8 Å². The van der Waals surface area contributed by atoms with Crippen LogP contribution in [0.5, 0.6) is 0 Å². The zero-order valence-corrected chi connectivity index (χ0v) is 10.8. The van der Waals surface area contributed by atoms with E-state index >= 15 is 0 Å². The van der Waals surface area contributed by atoms with E-state index < -0.39 is 6.43 Å². The molecule has 0 bridgehead atoms. The van der Waals surface area contributed by atoms with Crippen molar-refractivity contribution < 1.29 is 13.6 Å². The van der Waals surface area contributed by atoms with Gasteiger partial charge in [0.15, 0.2) is 0 Å². The zero-order chi connectivity index (χ0) is 14.7. The van der Waals surface area contributed by atoms with Gasteiger partial charge in [0, 0.05) is 30.4 Å². The fourth-order valence-electron chi connectivity index (χ4n) is 1.83. The van der Waals surface area contributed by atoms with Gasteiger partial charge in [-0.3, -0.25) is 9.69 Å². The van der Waals surface area contributed by atoms with Crippen LogP contribution in [0.3, 0.4) is 0 Å². The molecule has 2 rings (SSSR count). The maximum absolute atomic E-state index is 12.7. The van der Waals surface area contributed by atoms with Crippen LogP contribution in [-0.4, -0.2) is 10.9 Å². The third kappa shape index (κ3) is 2.90. The van der Waals surface area contributed by atoms with Crippen molar-refractivity contribution in [1.82, 2.24) is 4.98 Å². The smallest absolute Gasteiger partial charge is 0.263 e. The number of nitrogens with two attached hydrogens (primary N) is 1. The number of carbonyl (C=O) groups is 1. The number of aromatic nitrogens is 1. The number of anilines is 3. The summed E-state index contributed by atoms with van der Waals surface area (Å²) < 4.78 is 25.5. The number of nitrogens with zero attached hydrogens (tertiary/aromatic N) is 2. The Morgan fingerprint density at radius 1 is 1.30 bits per heavy atom. The van der Waals surface area contributed by atoms with Crippen LogP contribution in [0.4, 0.5) is 26.0 Å². The third-order valence-electron chi connectivity index (χ3n) is 2.69. The van der Waals surface area contributed by atoms with Gasteiger partial charge in [0.1, 0.15) is 5.82 Å². The lowest BCUT2D eigenvalue weighted by molar-refractivity contribution is -0.115. The van der Waals surface area contributed by atoms with Crippen molar-refractivity contribution in [3.05, 3.63) is 48.2 Å². The summed E-state index contributed by atoms with van der Waals surface area (Å²) in [5, 5.41) is 0. The second kappa shape index (κ2) is 5.64. The second-order valence-electron chi connectivity index (χ2n) is 4.20. The summed E-state index contributed by atoms with van der Waals surface area (Å²) in [5.74, 6) is -0.0431. The third-order valence-corrected chi connectivity index (χ3v) is 2.69. The number of hydrogen-bond donors (Lipinski definition) is 1. The SMILES string of the molecule is CC(=O)N(c1cccc(C(F)F)c1)c1cc(N)ccn1. The van der Waals surface area contributed by atoms with E-state index in [9.17, 15) is 13.6 Å². The lowest BCUT2D eigenvalue weighted by atomic mass is 10.2. The van der Waals surface area contributed by atoms with Gasteiger partial charge in [0.25, 0.3) is 6.43 Å². The Kier molecular flexibility index (Phi) is 3.93. The second-order valence-corrected chi connectivity index (χ2v) is 4.20. The van der Waals surface area contributed by atoms with Gasteiger partial charge in [-0.05, 0) is 18.2 Å². The molecule has 0 saturated carbocycles. The van der Waals surface area contributed by atoms with Crippen molar-refractivity contribution in [3.8, 4) is 0 Å². The molecule has 0 saturated heterocycles. The molecule has 2 aromatic rings. The van der Waals surface area contributed by atoms with Crippen LogP contribution in [0.15, 0.2) is 42.6 Å².